The standard InChI is InChI=1S/C67H44N2/c1-3-19-45(20-4-1)53-27-10-15-35-64(53)68(52-38-39-63-58(44-52)56-30-9-14-34-62(56)67(63)60-32-12-7-28-54(60)55-29-8-13-33-61(55)67)51-26-18-23-48(42-51)46-21-17-22-47(41-46)49-37-40-66-59(43-49)57-31-11-16-36-65(57)69(66)50-24-5-2-6-25-50/h1-44H. The summed E-state index contributed by atoms with van der Waals surface area (Å²) in [5.74, 6) is 0. The Morgan fingerprint density at radius 3 is 1.48 bits per heavy atom. The molecule has 0 saturated heterocycles. The first-order chi connectivity index (χ1) is 34.2. The lowest BCUT2D eigenvalue weighted by atomic mass is 9.70. The van der Waals surface area contributed by atoms with E-state index in [9.17, 15) is 0 Å². The molecule has 2 nitrogen and oxygen atoms in total. The minimum atomic E-state index is -0.404. The predicted octanol–water partition coefficient (Wildman–Crippen LogP) is 17.6. The average molecular weight is 877 g/mol. The topological polar surface area (TPSA) is 8.17 Å². The molecule has 322 valence electrons. The van der Waals surface area contributed by atoms with Crippen LogP contribution < -0.4 is 4.90 Å². The van der Waals surface area contributed by atoms with Gasteiger partial charge < -0.3 is 9.47 Å². The number of nitrogens with zero attached hydrogens (tertiary/aromatic N) is 2. The van der Waals surface area contributed by atoms with E-state index >= 15 is 0 Å². The third-order valence-corrected chi connectivity index (χ3v) is 14.8. The van der Waals surface area contributed by atoms with Gasteiger partial charge >= 0.3 is 0 Å². The maximum atomic E-state index is 2.47. The Bertz CT molecular complexity index is 3930. The molecule has 1 heterocycles. The minimum Gasteiger partial charge on any atom is -0.310 e. The van der Waals surface area contributed by atoms with E-state index in [2.05, 4.69) is 276 Å². The van der Waals surface area contributed by atoms with Crippen LogP contribution >= 0.6 is 0 Å². The van der Waals surface area contributed by atoms with Gasteiger partial charge in [-0.15, -0.1) is 0 Å². The van der Waals surface area contributed by atoms with Gasteiger partial charge in [-0.2, -0.15) is 0 Å². The molecule has 0 atom stereocenters. The highest BCUT2D eigenvalue weighted by Gasteiger charge is 2.51. The summed E-state index contributed by atoms with van der Waals surface area (Å²) >= 11 is 0. The Morgan fingerprint density at radius 1 is 0.275 bits per heavy atom. The molecule has 0 amide bonds. The number of aromatic nitrogens is 1. The molecule has 2 heteroatoms. The maximum Gasteiger partial charge on any atom is 0.0725 e. The fourth-order valence-electron chi connectivity index (χ4n) is 11.9. The lowest BCUT2D eigenvalue weighted by molar-refractivity contribution is 0.794. The van der Waals surface area contributed by atoms with Crippen molar-refractivity contribution in [2.45, 2.75) is 5.41 Å². The van der Waals surface area contributed by atoms with Crippen LogP contribution in [0.4, 0.5) is 17.1 Å². The van der Waals surface area contributed by atoms with E-state index in [1.54, 1.807) is 0 Å². The van der Waals surface area contributed by atoms with Crippen molar-refractivity contribution < 1.29 is 0 Å². The predicted molar refractivity (Wildman–Crippen MR) is 288 cm³/mol. The normalized spacial score (nSPS) is 12.8. The zero-order valence-electron chi connectivity index (χ0n) is 37.8. The second kappa shape index (κ2) is 15.6. The third-order valence-electron chi connectivity index (χ3n) is 14.8. The SMILES string of the molecule is c1ccc(-c2ccccc2N(c2cccc(-c3cccc(-c4ccc5c(c4)c4ccccc4n5-c4ccccc4)c3)c2)c2ccc3c(c2)-c2ccccc2C32c3ccccc3-c3ccccc32)cc1. The van der Waals surface area contributed by atoms with Crippen LogP contribution in [0.15, 0.2) is 267 Å². The minimum absolute atomic E-state index is 0.404. The van der Waals surface area contributed by atoms with Crippen LogP contribution in [0, 0.1) is 0 Å². The van der Waals surface area contributed by atoms with E-state index in [0.717, 1.165) is 28.3 Å². The fraction of sp³-hybridized carbons (Fsp3) is 0.0149. The van der Waals surface area contributed by atoms with Gasteiger partial charge in [-0.1, -0.05) is 200 Å². The molecule has 14 rings (SSSR count). The van der Waals surface area contributed by atoms with Gasteiger partial charge in [-0.25, -0.2) is 0 Å². The first kappa shape index (κ1) is 39.2. The van der Waals surface area contributed by atoms with Gasteiger partial charge in [-0.05, 0) is 139 Å². The fourth-order valence-corrected chi connectivity index (χ4v) is 11.9. The van der Waals surface area contributed by atoms with Crippen molar-refractivity contribution in [3.05, 3.63) is 289 Å². The van der Waals surface area contributed by atoms with E-state index in [-0.39, 0.29) is 0 Å². The Hall–Kier alpha value is -8.98. The average Bonchev–Trinajstić information content (AvgIpc) is 4.03. The lowest BCUT2D eigenvalue weighted by Gasteiger charge is -2.31. The zero-order valence-corrected chi connectivity index (χ0v) is 37.8. The second-order valence-corrected chi connectivity index (χ2v) is 18.4. The van der Waals surface area contributed by atoms with Gasteiger partial charge in [0.15, 0.2) is 0 Å². The summed E-state index contributed by atoms with van der Waals surface area (Å²) in [6.45, 7) is 0. The van der Waals surface area contributed by atoms with Crippen LogP contribution in [0.5, 0.6) is 0 Å². The van der Waals surface area contributed by atoms with Crippen molar-refractivity contribution >= 4 is 38.9 Å². The molecular weight excluding hydrogens is 833 g/mol. The molecule has 1 aromatic heterocycles. The molecule has 2 aliphatic rings. The number of hydrogen-bond donors (Lipinski definition) is 0. The van der Waals surface area contributed by atoms with Crippen molar-refractivity contribution in [2.75, 3.05) is 4.90 Å². The summed E-state index contributed by atoms with van der Waals surface area (Å²) in [5.41, 5.74) is 24.1. The number of fused-ring (bicyclic) bond motifs is 13. The first-order valence-electron chi connectivity index (χ1n) is 23.9. The van der Waals surface area contributed by atoms with Crippen molar-refractivity contribution in [1.82, 2.24) is 4.57 Å². The quantitative estimate of drug-likeness (QED) is 0.155. The van der Waals surface area contributed by atoms with E-state index in [4.69, 9.17) is 0 Å². The molecule has 0 bridgehead atoms. The first-order valence-corrected chi connectivity index (χ1v) is 23.9. The Kier molecular flexibility index (Phi) is 8.84. The molecular formula is C67H44N2. The molecule has 2 aliphatic carbocycles. The summed E-state index contributed by atoms with van der Waals surface area (Å²) in [6, 6.07) is 98.5. The highest BCUT2D eigenvalue weighted by Crippen LogP contribution is 2.63. The van der Waals surface area contributed by atoms with Crippen molar-refractivity contribution in [3.63, 3.8) is 0 Å². The molecule has 0 unspecified atom stereocenters. The van der Waals surface area contributed by atoms with Crippen molar-refractivity contribution in [1.29, 1.82) is 0 Å². The molecule has 11 aromatic carbocycles. The van der Waals surface area contributed by atoms with Crippen LogP contribution in [-0.4, -0.2) is 4.57 Å². The Labute approximate surface area is 402 Å². The molecule has 12 aromatic rings. The van der Waals surface area contributed by atoms with Gasteiger partial charge in [0.25, 0.3) is 0 Å². The lowest BCUT2D eigenvalue weighted by Crippen LogP contribution is -2.25. The summed E-state index contributed by atoms with van der Waals surface area (Å²) in [6.07, 6.45) is 0. The Balaban J connectivity index is 0.922. The number of anilines is 3. The Morgan fingerprint density at radius 2 is 0.768 bits per heavy atom. The van der Waals surface area contributed by atoms with Gasteiger partial charge in [0.1, 0.15) is 0 Å². The molecule has 0 saturated carbocycles. The van der Waals surface area contributed by atoms with Crippen molar-refractivity contribution in [3.8, 4) is 61.3 Å². The molecule has 1 spiro atoms. The smallest absolute Gasteiger partial charge is 0.0725 e. The van der Waals surface area contributed by atoms with E-state index in [1.165, 1.54) is 94.1 Å². The van der Waals surface area contributed by atoms with Crippen LogP contribution in [0.2, 0.25) is 0 Å². The maximum absolute atomic E-state index is 2.47. The van der Waals surface area contributed by atoms with Gasteiger partial charge in [0.05, 0.1) is 22.1 Å². The zero-order chi connectivity index (χ0) is 45.5. The van der Waals surface area contributed by atoms with E-state index in [0.29, 0.717) is 0 Å². The second-order valence-electron chi connectivity index (χ2n) is 18.4. The highest BCUT2D eigenvalue weighted by atomic mass is 15.1. The summed E-state index contributed by atoms with van der Waals surface area (Å²) < 4.78 is 2.38. The summed E-state index contributed by atoms with van der Waals surface area (Å²) in [7, 11) is 0. The number of rotatable bonds is 7. The molecule has 0 radical (unpaired) electrons. The number of para-hydroxylation sites is 3. The molecule has 0 N–H and O–H groups in total. The summed E-state index contributed by atoms with van der Waals surface area (Å²) in [5, 5.41) is 2.50. The van der Waals surface area contributed by atoms with Crippen LogP contribution in [0.25, 0.3) is 83.1 Å². The number of hydrogen-bond acceptors (Lipinski definition) is 1. The van der Waals surface area contributed by atoms with Crippen LogP contribution in [0.3, 0.4) is 0 Å². The third kappa shape index (κ3) is 5.92. The number of benzene rings is 11. The molecule has 0 aliphatic heterocycles. The van der Waals surface area contributed by atoms with Crippen LogP contribution in [-0.2, 0) is 5.41 Å². The van der Waals surface area contributed by atoms with Gasteiger partial charge in [0.2, 0.25) is 0 Å². The highest BCUT2D eigenvalue weighted by molar-refractivity contribution is 6.10. The van der Waals surface area contributed by atoms with E-state index in [1.807, 2.05) is 0 Å². The van der Waals surface area contributed by atoms with Gasteiger partial charge in [0, 0.05) is 33.4 Å². The van der Waals surface area contributed by atoms with E-state index < -0.39 is 5.41 Å². The van der Waals surface area contributed by atoms with Gasteiger partial charge in [-0.3, -0.25) is 0 Å². The largest absolute Gasteiger partial charge is 0.310 e. The monoisotopic (exact) mass is 876 g/mol. The molecule has 0 fully saturated rings. The van der Waals surface area contributed by atoms with Crippen LogP contribution in [0.1, 0.15) is 22.3 Å². The summed E-state index contributed by atoms with van der Waals surface area (Å²) in [4.78, 5) is 2.47. The molecule has 69 heavy (non-hydrogen) atoms. The van der Waals surface area contributed by atoms with Crippen molar-refractivity contribution in [2.24, 2.45) is 0 Å².